The van der Waals surface area contributed by atoms with Crippen molar-refractivity contribution in [1.29, 1.82) is 0 Å². The van der Waals surface area contributed by atoms with E-state index in [0.717, 1.165) is 51.4 Å². The second-order valence-electron chi connectivity index (χ2n) is 8.27. The molecule has 0 aromatic rings. The number of carbonyl (C=O) groups is 2. The average molecular weight is 391 g/mol. The molecule has 0 fully saturated rings. The van der Waals surface area contributed by atoms with Crippen molar-refractivity contribution in [3.63, 3.8) is 0 Å². The van der Waals surface area contributed by atoms with Crippen LogP contribution in [-0.4, -0.2) is 11.9 Å². The number of aliphatic carboxylic acids is 2. The Kier molecular flexibility index (Phi) is 11.2. The van der Waals surface area contributed by atoms with Gasteiger partial charge in [-0.1, -0.05) is 115 Å². The van der Waals surface area contributed by atoms with Crippen LogP contribution in [0.3, 0.4) is 0 Å². The van der Waals surface area contributed by atoms with Crippen LogP contribution in [0.5, 0.6) is 0 Å². The topological polar surface area (TPSA) is 80.3 Å². The van der Waals surface area contributed by atoms with E-state index >= 15 is 0 Å². The van der Waals surface area contributed by atoms with Crippen molar-refractivity contribution >= 4 is 11.9 Å². The highest BCUT2D eigenvalue weighted by atomic mass is 16.4. The van der Waals surface area contributed by atoms with Crippen molar-refractivity contribution in [3.05, 3.63) is 24.3 Å². The largest absolute Gasteiger partial charge is 0.549 e. The molecule has 160 valence electrons. The molecule has 0 heterocycles. The van der Waals surface area contributed by atoms with E-state index in [-0.39, 0.29) is 12.8 Å². The zero-order valence-electron chi connectivity index (χ0n) is 17.8. The molecule has 0 aromatic carbocycles. The van der Waals surface area contributed by atoms with E-state index in [0.29, 0.717) is 12.8 Å². The lowest BCUT2D eigenvalue weighted by Gasteiger charge is -2.50. The van der Waals surface area contributed by atoms with Crippen molar-refractivity contribution in [3.8, 4) is 0 Å². The Morgan fingerprint density at radius 1 is 0.607 bits per heavy atom. The molecule has 0 saturated heterocycles. The number of hydrogen-bond acceptors (Lipinski definition) is 4. The number of hydrogen-bond donors (Lipinski definition) is 0. The van der Waals surface area contributed by atoms with Gasteiger partial charge in [0.1, 0.15) is 0 Å². The first-order valence-corrected chi connectivity index (χ1v) is 11.3. The van der Waals surface area contributed by atoms with Crippen molar-refractivity contribution in [2.45, 2.75) is 104 Å². The Morgan fingerprint density at radius 3 is 1.25 bits per heavy atom. The maximum Gasteiger partial charge on any atom is 0.0526 e. The second kappa shape index (κ2) is 12.8. The number of carboxylic acids is 2. The predicted molar refractivity (Wildman–Crippen MR) is 109 cm³/mol. The summed E-state index contributed by atoms with van der Waals surface area (Å²) in [5, 5.41) is 24.5. The average Bonchev–Trinajstić information content (AvgIpc) is 2.67. The van der Waals surface area contributed by atoms with E-state index in [1.165, 1.54) is 12.8 Å². The minimum Gasteiger partial charge on any atom is -0.549 e. The van der Waals surface area contributed by atoms with E-state index in [9.17, 15) is 19.8 Å². The Hall–Kier alpha value is -1.58. The Morgan fingerprint density at radius 2 is 0.929 bits per heavy atom. The van der Waals surface area contributed by atoms with Gasteiger partial charge in [-0.15, -0.1) is 0 Å². The van der Waals surface area contributed by atoms with Gasteiger partial charge in [0.05, 0.1) is 11.9 Å². The van der Waals surface area contributed by atoms with Crippen LogP contribution in [0.25, 0.3) is 0 Å². The molecule has 2 unspecified atom stereocenters. The minimum atomic E-state index is -1.52. The maximum absolute atomic E-state index is 12.2. The van der Waals surface area contributed by atoms with Crippen molar-refractivity contribution in [1.82, 2.24) is 0 Å². The monoisotopic (exact) mass is 390 g/mol. The molecule has 4 nitrogen and oxygen atoms in total. The van der Waals surface area contributed by atoms with Gasteiger partial charge < -0.3 is 19.8 Å². The maximum atomic E-state index is 12.2. The molecule has 2 atom stereocenters. The molecule has 0 N–H and O–H groups in total. The van der Waals surface area contributed by atoms with Gasteiger partial charge in [-0.2, -0.15) is 0 Å². The molecule has 0 aliphatic heterocycles. The summed E-state index contributed by atoms with van der Waals surface area (Å²) in [6, 6.07) is 0. The first-order chi connectivity index (χ1) is 13.5. The van der Waals surface area contributed by atoms with Gasteiger partial charge >= 0.3 is 0 Å². The lowest BCUT2D eigenvalue weighted by molar-refractivity contribution is -0.339. The smallest absolute Gasteiger partial charge is 0.0526 e. The molecule has 0 saturated carbocycles. The zero-order chi connectivity index (χ0) is 20.9. The number of carboxylic acid groups (broad SMARTS) is 2. The number of allylic oxidation sites excluding steroid dienone is 2. The molecule has 1 aliphatic rings. The fraction of sp³-hybridized carbons (Fsp3) is 0.750. The highest BCUT2D eigenvalue weighted by Crippen LogP contribution is 2.51. The van der Waals surface area contributed by atoms with Gasteiger partial charge in [0.25, 0.3) is 0 Å². The van der Waals surface area contributed by atoms with Gasteiger partial charge in [-0.25, -0.2) is 0 Å². The van der Waals surface area contributed by atoms with Gasteiger partial charge in [-0.05, 0) is 12.8 Å². The van der Waals surface area contributed by atoms with Gasteiger partial charge in [0.15, 0.2) is 0 Å². The molecule has 1 aliphatic carbocycles. The molecule has 0 aromatic heterocycles. The zero-order valence-corrected chi connectivity index (χ0v) is 17.8. The van der Waals surface area contributed by atoms with Gasteiger partial charge in [0.2, 0.25) is 0 Å². The number of carbonyl (C=O) groups excluding carboxylic acids is 2. The molecule has 0 bridgehead atoms. The van der Waals surface area contributed by atoms with E-state index in [2.05, 4.69) is 13.8 Å². The molecule has 0 amide bonds. The molecule has 28 heavy (non-hydrogen) atoms. The third-order valence-corrected chi connectivity index (χ3v) is 6.25. The predicted octanol–water partition coefficient (Wildman–Crippen LogP) is 4.09. The van der Waals surface area contributed by atoms with Crippen LogP contribution in [-0.2, 0) is 9.59 Å². The van der Waals surface area contributed by atoms with Crippen LogP contribution >= 0.6 is 0 Å². The quantitative estimate of drug-likeness (QED) is 0.372. The molecule has 4 heteroatoms. The minimum absolute atomic E-state index is 0.284. The third kappa shape index (κ3) is 6.22. The molecular weight excluding hydrogens is 352 g/mol. The molecule has 1 rings (SSSR count). The number of rotatable bonds is 16. The van der Waals surface area contributed by atoms with Crippen molar-refractivity contribution < 1.29 is 19.8 Å². The van der Waals surface area contributed by atoms with E-state index in [4.69, 9.17) is 0 Å². The summed E-state index contributed by atoms with van der Waals surface area (Å²) >= 11 is 0. The summed E-state index contributed by atoms with van der Waals surface area (Å²) < 4.78 is 0. The summed E-state index contributed by atoms with van der Waals surface area (Å²) in [7, 11) is 0. The van der Waals surface area contributed by atoms with E-state index in [1.807, 2.05) is 0 Å². The first kappa shape index (κ1) is 24.5. The van der Waals surface area contributed by atoms with Gasteiger partial charge in [0, 0.05) is 10.8 Å². The Balaban J connectivity index is 2.86. The fourth-order valence-electron chi connectivity index (χ4n) is 4.42. The Bertz CT molecular complexity index is 489. The van der Waals surface area contributed by atoms with Crippen LogP contribution < -0.4 is 10.2 Å². The Labute approximate surface area is 171 Å². The molecular formula is C24H38O4-2. The summed E-state index contributed by atoms with van der Waals surface area (Å²) in [6.45, 7) is 4.31. The van der Waals surface area contributed by atoms with Gasteiger partial charge in [-0.3, -0.25) is 0 Å². The van der Waals surface area contributed by atoms with E-state index in [1.54, 1.807) is 24.3 Å². The summed E-state index contributed by atoms with van der Waals surface area (Å²) in [5.41, 5.74) is -3.04. The fourth-order valence-corrected chi connectivity index (χ4v) is 4.42. The highest BCUT2D eigenvalue weighted by Gasteiger charge is 2.50. The third-order valence-electron chi connectivity index (χ3n) is 6.25. The van der Waals surface area contributed by atoms with Crippen LogP contribution in [0.4, 0.5) is 0 Å². The number of unbranched alkanes of at least 4 members (excludes halogenated alkanes) is 10. The van der Waals surface area contributed by atoms with E-state index < -0.39 is 22.8 Å². The molecule has 0 radical (unpaired) electrons. The lowest BCUT2D eigenvalue weighted by Crippen LogP contribution is -2.59. The van der Waals surface area contributed by atoms with Crippen LogP contribution in [0.1, 0.15) is 104 Å². The van der Waals surface area contributed by atoms with Crippen molar-refractivity contribution in [2.24, 2.45) is 10.8 Å². The van der Waals surface area contributed by atoms with Crippen LogP contribution in [0, 0.1) is 10.8 Å². The lowest BCUT2D eigenvalue weighted by atomic mass is 9.57. The standard InChI is InChI=1S/C24H40O4/c1-3-5-7-9-11-13-17-23(21(25)26)19-15-16-20-24(23,22(27)28)18-14-12-10-8-6-4-2/h15-16,19-20H,3-14,17-18H2,1-2H3,(H,25,26)(H,27,28)/p-2. The van der Waals surface area contributed by atoms with Crippen LogP contribution in [0.2, 0.25) is 0 Å². The first-order valence-electron chi connectivity index (χ1n) is 11.3. The van der Waals surface area contributed by atoms with Crippen LogP contribution in [0.15, 0.2) is 24.3 Å². The SMILES string of the molecule is CCCCCCCCC1(C(=O)[O-])C=CC=CC1(CCCCCCCC)C(=O)[O-]. The normalized spacial score (nSPS) is 23.8. The summed E-state index contributed by atoms with van der Waals surface area (Å²) in [5.74, 6) is -2.59. The van der Waals surface area contributed by atoms with Crippen molar-refractivity contribution in [2.75, 3.05) is 0 Å². The summed E-state index contributed by atoms with van der Waals surface area (Å²) in [4.78, 5) is 24.5. The second-order valence-corrected chi connectivity index (χ2v) is 8.27. The molecule has 0 spiro atoms. The summed E-state index contributed by atoms with van der Waals surface area (Å²) in [6.07, 6.45) is 19.2. The highest BCUT2D eigenvalue weighted by molar-refractivity contribution is 5.89.